The molecule has 4 nitrogen and oxygen atoms in total. The summed E-state index contributed by atoms with van der Waals surface area (Å²) in [6.45, 7) is 0. The van der Waals surface area contributed by atoms with Crippen molar-refractivity contribution < 1.29 is 4.79 Å². The first-order valence-corrected chi connectivity index (χ1v) is 9.62. The van der Waals surface area contributed by atoms with E-state index in [1.54, 1.807) is 0 Å². The van der Waals surface area contributed by atoms with Gasteiger partial charge in [0.2, 0.25) is 5.91 Å². The number of amides is 1. The van der Waals surface area contributed by atoms with E-state index in [0.29, 0.717) is 6.42 Å². The van der Waals surface area contributed by atoms with Gasteiger partial charge in [-0.05, 0) is 49.1 Å². The number of hydrogen-bond acceptors (Lipinski definition) is 3. The van der Waals surface area contributed by atoms with E-state index in [9.17, 15) is 4.79 Å². The average molecular weight is 369 g/mol. The van der Waals surface area contributed by atoms with E-state index in [1.165, 1.54) is 5.56 Å². The highest BCUT2D eigenvalue weighted by molar-refractivity contribution is 6.08. The number of fused-ring (bicyclic) bond motifs is 2. The summed E-state index contributed by atoms with van der Waals surface area (Å²) in [7, 11) is 0. The van der Waals surface area contributed by atoms with Gasteiger partial charge in [0.25, 0.3) is 0 Å². The van der Waals surface area contributed by atoms with Crippen molar-refractivity contribution in [2.45, 2.75) is 25.7 Å². The smallest absolute Gasteiger partial charge is 0.217 e. The van der Waals surface area contributed by atoms with E-state index in [1.807, 2.05) is 36.4 Å². The van der Waals surface area contributed by atoms with Crippen molar-refractivity contribution >= 4 is 39.1 Å². The van der Waals surface area contributed by atoms with Gasteiger partial charge >= 0.3 is 0 Å². The van der Waals surface area contributed by atoms with Crippen molar-refractivity contribution in [3.63, 3.8) is 0 Å². The first kappa shape index (κ1) is 18.0. The normalized spacial score (nSPS) is 11.0. The lowest BCUT2D eigenvalue weighted by molar-refractivity contribution is -0.118. The zero-order chi connectivity index (χ0) is 19.3. The maximum atomic E-state index is 10.8. The molecule has 4 aromatic rings. The Labute approximate surface area is 164 Å². The zero-order valence-corrected chi connectivity index (χ0v) is 15.7. The van der Waals surface area contributed by atoms with Crippen LogP contribution in [0.4, 0.5) is 11.4 Å². The molecule has 0 radical (unpaired) electrons. The number of aromatic nitrogens is 1. The number of benzene rings is 3. The van der Waals surface area contributed by atoms with Crippen molar-refractivity contribution in [1.82, 2.24) is 4.98 Å². The summed E-state index contributed by atoms with van der Waals surface area (Å²) in [6.07, 6.45) is 3.22. The second kappa shape index (κ2) is 8.09. The lowest BCUT2D eigenvalue weighted by Gasteiger charge is -2.13. The van der Waals surface area contributed by atoms with E-state index < -0.39 is 0 Å². The first-order chi connectivity index (χ1) is 13.7. The number of nitrogens with two attached hydrogens (primary N) is 1. The SMILES string of the molecule is NC(=O)CCCCc1ccc(Nc2c3ccccc3nc3ccccc23)cc1. The molecule has 0 spiro atoms. The molecule has 3 N–H and O–H groups in total. The number of aryl methyl sites for hydroxylation is 1. The molecule has 1 aromatic heterocycles. The molecule has 1 heterocycles. The van der Waals surface area contributed by atoms with Gasteiger partial charge in [0.05, 0.1) is 16.7 Å². The van der Waals surface area contributed by atoms with Gasteiger partial charge < -0.3 is 11.1 Å². The van der Waals surface area contributed by atoms with E-state index in [2.05, 4.69) is 41.7 Å². The van der Waals surface area contributed by atoms with Crippen LogP contribution in [0.15, 0.2) is 72.8 Å². The van der Waals surface area contributed by atoms with Gasteiger partial charge in [0.1, 0.15) is 0 Å². The highest BCUT2D eigenvalue weighted by Gasteiger charge is 2.09. The Morgan fingerprint density at radius 2 is 1.43 bits per heavy atom. The Bertz CT molecular complexity index is 1070. The fraction of sp³-hybridized carbons (Fsp3) is 0.167. The van der Waals surface area contributed by atoms with Gasteiger partial charge in [-0.3, -0.25) is 4.79 Å². The molecule has 0 fully saturated rings. The topological polar surface area (TPSA) is 68.0 Å². The van der Waals surface area contributed by atoms with E-state index >= 15 is 0 Å². The van der Waals surface area contributed by atoms with Gasteiger partial charge in [-0.15, -0.1) is 0 Å². The number of primary amides is 1. The standard InChI is InChI=1S/C24H23N3O/c25-23(28)12-6-1-7-17-13-15-18(16-14-17)26-24-19-8-2-4-10-21(19)27-22-11-5-3-9-20(22)24/h2-5,8-11,13-16H,1,6-7,12H2,(H2,25,28)(H,26,27). The molecule has 0 saturated heterocycles. The van der Waals surface area contributed by atoms with Gasteiger partial charge in [-0.25, -0.2) is 4.98 Å². The highest BCUT2D eigenvalue weighted by Crippen LogP contribution is 2.33. The average Bonchev–Trinajstić information content (AvgIpc) is 2.72. The number of pyridine rings is 1. The number of carbonyl (C=O) groups is 1. The van der Waals surface area contributed by atoms with Crippen LogP contribution in [0.25, 0.3) is 21.8 Å². The molecule has 0 saturated carbocycles. The summed E-state index contributed by atoms with van der Waals surface area (Å²) in [5.41, 5.74) is 10.5. The first-order valence-electron chi connectivity index (χ1n) is 9.62. The van der Waals surface area contributed by atoms with Crippen LogP contribution in [0.5, 0.6) is 0 Å². The van der Waals surface area contributed by atoms with Crippen LogP contribution in [-0.2, 0) is 11.2 Å². The highest BCUT2D eigenvalue weighted by atomic mass is 16.1. The Kier molecular flexibility index (Phi) is 5.20. The summed E-state index contributed by atoms with van der Waals surface area (Å²) in [6, 6.07) is 24.9. The molecular weight excluding hydrogens is 346 g/mol. The van der Waals surface area contributed by atoms with Crippen LogP contribution in [0, 0.1) is 0 Å². The third-order valence-corrected chi connectivity index (χ3v) is 4.95. The Morgan fingerprint density at radius 3 is 2.04 bits per heavy atom. The molecular formula is C24H23N3O. The Balaban J connectivity index is 1.58. The van der Waals surface area contributed by atoms with Crippen LogP contribution in [0.3, 0.4) is 0 Å². The maximum Gasteiger partial charge on any atom is 0.217 e. The molecule has 0 bridgehead atoms. The number of anilines is 2. The van der Waals surface area contributed by atoms with E-state index in [4.69, 9.17) is 10.7 Å². The third kappa shape index (κ3) is 3.96. The van der Waals surface area contributed by atoms with Crippen molar-refractivity contribution in [1.29, 1.82) is 0 Å². The van der Waals surface area contributed by atoms with Gasteiger partial charge in [-0.1, -0.05) is 48.5 Å². The quantitative estimate of drug-likeness (QED) is 0.342. The fourth-order valence-corrected chi connectivity index (χ4v) is 3.50. The van der Waals surface area contributed by atoms with E-state index in [-0.39, 0.29) is 5.91 Å². The molecule has 1 amide bonds. The number of nitrogens with one attached hydrogen (secondary N) is 1. The van der Waals surface area contributed by atoms with Crippen molar-refractivity contribution in [3.05, 3.63) is 78.4 Å². The molecule has 3 aromatic carbocycles. The lowest BCUT2D eigenvalue weighted by atomic mass is 10.1. The van der Waals surface area contributed by atoms with Crippen LogP contribution in [0.2, 0.25) is 0 Å². The molecule has 140 valence electrons. The summed E-state index contributed by atoms with van der Waals surface area (Å²) < 4.78 is 0. The number of unbranched alkanes of at least 4 members (excludes halogenated alkanes) is 1. The predicted molar refractivity (Wildman–Crippen MR) is 116 cm³/mol. The molecule has 4 rings (SSSR count). The number of nitrogens with zero attached hydrogens (tertiary/aromatic N) is 1. The van der Waals surface area contributed by atoms with Gasteiger partial charge in [0.15, 0.2) is 0 Å². The van der Waals surface area contributed by atoms with Gasteiger partial charge in [0, 0.05) is 22.9 Å². The van der Waals surface area contributed by atoms with Gasteiger partial charge in [-0.2, -0.15) is 0 Å². The van der Waals surface area contributed by atoms with E-state index in [0.717, 1.165) is 52.4 Å². The monoisotopic (exact) mass is 369 g/mol. The molecule has 0 aliphatic heterocycles. The fourth-order valence-electron chi connectivity index (χ4n) is 3.50. The predicted octanol–water partition coefficient (Wildman–Crippen LogP) is 5.33. The number of rotatable bonds is 7. The molecule has 0 aliphatic carbocycles. The molecule has 0 atom stereocenters. The minimum Gasteiger partial charge on any atom is -0.370 e. The summed E-state index contributed by atoms with van der Waals surface area (Å²) in [4.78, 5) is 15.6. The Hall–Kier alpha value is -3.40. The zero-order valence-electron chi connectivity index (χ0n) is 15.7. The van der Waals surface area contributed by atoms with Crippen LogP contribution < -0.4 is 11.1 Å². The van der Waals surface area contributed by atoms with Crippen molar-refractivity contribution in [3.8, 4) is 0 Å². The van der Waals surface area contributed by atoms with Crippen molar-refractivity contribution in [2.75, 3.05) is 5.32 Å². The maximum absolute atomic E-state index is 10.8. The Morgan fingerprint density at radius 1 is 0.821 bits per heavy atom. The molecule has 0 aliphatic rings. The number of hydrogen-bond donors (Lipinski definition) is 2. The van der Waals surface area contributed by atoms with Crippen LogP contribution in [0.1, 0.15) is 24.8 Å². The minimum absolute atomic E-state index is 0.226. The lowest BCUT2D eigenvalue weighted by Crippen LogP contribution is -2.09. The summed E-state index contributed by atoms with van der Waals surface area (Å²) in [5, 5.41) is 5.81. The molecule has 28 heavy (non-hydrogen) atoms. The largest absolute Gasteiger partial charge is 0.370 e. The third-order valence-electron chi connectivity index (χ3n) is 4.95. The van der Waals surface area contributed by atoms with Crippen LogP contribution in [-0.4, -0.2) is 10.9 Å². The molecule has 4 heteroatoms. The van der Waals surface area contributed by atoms with Crippen LogP contribution >= 0.6 is 0 Å². The number of carbonyl (C=O) groups excluding carboxylic acids is 1. The minimum atomic E-state index is -0.226. The van der Waals surface area contributed by atoms with Crippen molar-refractivity contribution in [2.24, 2.45) is 5.73 Å². The second-order valence-electron chi connectivity index (χ2n) is 7.02. The number of para-hydroxylation sites is 2. The second-order valence-corrected chi connectivity index (χ2v) is 7.02. The molecule has 0 unspecified atom stereocenters. The summed E-state index contributed by atoms with van der Waals surface area (Å²) in [5.74, 6) is -0.226. The summed E-state index contributed by atoms with van der Waals surface area (Å²) >= 11 is 0.